The number of piperazine rings is 1. The van der Waals surface area contributed by atoms with Gasteiger partial charge in [0, 0.05) is 49.3 Å². The summed E-state index contributed by atoms with van der Waals surface area (Å²) in [6, 6.07) is 20.9. The predicted molar refractivity (Wildman–Crippen MR) is 155 cm³/mol. The molecular formula is C30H37N5O3. The average molecular weight is 516 g/mol. The van der Waals surface area contributed by atoms with Gasteiger partial charge in [-0.05, 0) is 62.2 Å². The van der Waals surface area contributed by atoms with Gasteiger partial charge >= 0.3 is 6.03 Å². The van der Waals surface area contributed by atoms with E-state index < -0.39 is 0 Å². The van der Waals surface area contributed by atoms with E-state index in [1.54, 1.807) is 13.2 Å². The molecule has 0 radical (unpaired) electrons. The fourth-order valence-corrected chi connectivity index (χ4v) is 4.73. The van der Waals surface area contributed by atoms with E-state index in [1.807, 2.05) is 75.4 Å². The third kappa shape index (κ3) is 6.37. The Morgan fingerprint density at radius 3 is 2.21 bits per heavy atom. The summed E-state index contributed by atoms with van der Waals surface area (Å²) in [6.45, 7) is 9.01. The predicted octanol–water partition coefficient (Wildman–Crippen LogP) is 5.37. The number of nitrogens with one attached hydrogen (secondary N) is 3. The number of methoxy groups -OCH3 is 1. The van der Waals surface area contributed by atoms with Gasteiger partial charge in [0.25, 0.3) is 5.91 Å². The third-order valence-corrected chi connectivity index (χ3v) is 6.61. The lowest BCUT2D eigenvalue weighted by Crippen LogP contribution is -2.47. The number of anilines is 4. The molecule has 8 nitrogen and oxygen atoms in total. The van der Waals surface area contributed by atoms with Crippen molar-refractivity contribution in [1.29, 1.82) is 0 Å². The lowest BCUT2D eigenvalue weighted by atomic mass is 10.1. The van der Waals surface area contributed by atoms with Crippen molar-refractivity contribution in [3.05, 3.63) is 77.9 Å². The Kier molecular flexibility index (Phi) is 8.73. The van der Waals surface area contributed by atoms with Crippen molar-refractivity contribution in [3.63, 3.8) is 0 Å². The molecule has 3 N–H and O–H groups in total. The summed E-state index contributed by atoms with van der Waals surface area (Å²) < 4.78 is 5.54. The van der Waals surface area contributed by atoms with Crippen LogP contribution in [-0.4, -0.2) is 51.3 Å². The highest BCUT2D eigenvalue weighted by atomic mass is 16.5. The highest BCUT2D eigenvalue weighted by Crippen LogP contribution is 2.31. The summed E-state index contributed by atoms with van der Waals surface area (Å²) in [5, 5.41) is 8.82. The molecule has 0 unspecified atom stereocenters. The molecule has 0 saturated carbocycles. The standard InChI is InChI=1S/C30H37N5O3/c1-5-22-10-6-7-11-25(22)33-30(37)32-23-14-15-26(24(20-23)29(36)31-21(2)3)34-16-18-35(19-17-34)27-12-8-9-13-28(27)38-4/h6-15,20-21H,5,16-19H2,1-4H3,(H,31,36)(H2,32,33,37). The van der Waals surface area contributed by atoms with Crippen molar-refractivity contribution in [2.45, 2.75) is 33.2 Å². The summed E-state index contributed by atoms with van der Waals surface area (Å²) in [7, 11) is 1.69. The molecule has 0 atom stereocenters. The molecule has 3 aromatic carbocycles. The van der Waals surface area contributed by atoms with E-state index in [1.165, 1.54) is 0 Å². The molecule has 1 heterocycles. The molecule has 1 fully saturated rings. The zero-order valence-corrected chi connectivity index (χ0v) is 22.6. The molecular weight excluding hydrogens is 478 g/mol. The SMILES string of the molecule is CCc1ccccc1NC(=O)Nc1ccc(N2CCN(c3ccccc3OC)CC2)c(C(=O)NC(C)C)c1. The van der Waals surface area contributed by atoms with E-state index in [0.29, 0.717) is 11.3 Å². The quantitative estimate of drug-likeness (QED) is 0.376. The Bertz CT molecular complexity index is 1270. The smallest absolute Gasteiger partial charge is 0.323 e. The van der Waals surface area contributed by atoms with E-state index in [4.69, 9.17) is 4.74 Å². The summed E-state index contributed by atoms with van der Waals surface area (Å²) in [6.07, 6.45) is 0.814. The van der Waals surface area contributed by atoms with Gasteiger partial charge in [0.05, 0.1) is 18.4 Å². The number of aryl methyl sites for hydroxylation is 1. The average Bonchev–Trinajstić information content (AvgIpc) is 2.93. The summed E-state index contributed by atoms with van der Waals surface area (Å²) in [5.41, 5.74) is 4.85. The highest BCUT2D eigenvalue weighted by molar-refractivity contribution is 6.04. The van der Waals surface area contributed by atoms with Crippen molar-refractivity contribution in [1.82, 2.24) is 5.32 Å². The lowest BCUT2D eigenvalue weighted by Gasteiger charge is -2.38. The Morgan fingerprint density at radius 2 is 1.53 bits per heavy atom. The van der Waals surface area contributed by atoms with Gasteiger partial charge < -0.3 is 30.5 Å². The molecule has 8 heteroatoms. The number of urea groups is 1. The Labute approximate surface area is 225 Å². The molecule has 1 aliphatic heterocycles. The number of hydrogen-bond donors (Lipinski definition) is 3. The number of rotatable bonds is 8. The maximum atomic E-state index is 13.2. The first-order valence-corrected chi connectivity index (χ1v) is 13.1. The van der Waals surface area contributed by atoms with E-state index in [0.717, 1.165) is 61.0 Å². The van der Waals surface area contributed by atoms with Crippen molar-refractivity contribution >= 4 is 34.7 Å². The lowest BCUT2D eigenvalue weighted by molar-refractivity contribution is 0.0943. The van der Waals surface area contributed by atoms with Crippen LogP contribution in [-0.2, 0) is 6.42 Å². The van der Waals surface area contributed by atoms with Crippen LogP contribution in [0.25, 0.3) is 0 Å². The van der Waals surface area contributed by atoms with Crippen LogP contribution in [0.1, 0.15) is 36.7 Å². The van der Waals surface area contributed by atoms with Gasteiger partial charge in [0.1, 0.15) is 5.75 Å². The molecule has 0 bridgehead atoms. The van der Waals surface area contributed by atoms with Crippen LogP contribution in [0.3, 0.4) is 0 Å². The maximum Gasteiger partial charge on any atom is 0.323 e. The minimum Gasteiger partial charge on any atom is -0.495 e. The van der Waals surface area contributed by atoms with Crippen LogP contribution in [0.4, 0.5) is 27.5 Å². The van der Waals surface area contributed by atoms with Gasteiger partial charge in [0.15, 0.2) is 0 Å². The molecule has 1 saturated heterocycles. The summed E-state index contributed by atoms with van der Waals surface area (Å²) >= 11 is 0. The van der Waals surface area contributed by atoms with Crippen molar-refractivity contribution < 1.29 is 14.3 Å². The topological polar surface area (TPSA) is 85.9 Å². The van der Waals surface area contributed by atoms with Gasteiger partial charge in [-0.3, -0.25) is 4.79 Å². The number of para-hydroxylation sites is 3. The molecule has 38 heavy (non-hydrogen) atoms. The number of hydrogen-bond acceptors (Lipinski definition) is 5. The third-order valence-electron chi connectivity index (χ3n) is 6.61. The monoisotopic (exact) mass is 515 g/mol. The normalized spacial score (nSPS) is 13.3. The van der Waals surface area contributed by atoms with Crippen LogP contribution >= 0.6 is 0 Å². The molecule has 0 aliphatic carbocycles. The minimum absolute atomic E-state index is 0.0109. The van der Waals surface area contributed by atoms with Crippen LogP contribution in [0.2, 0.25) is 0 Å². The minimum atomic E-state index is -0.348. The Morgan fingerprint density at radius 1 is 0.868 bits per heavy atom. The van der Waals surface area contributed by atoms with Crippen molar-refractivity contribution in [2.75, 3.05) is 53.7 Å². The molecule has 4 rings (SSSR count). The van der Waals surface area contributed by atoms with Crippen molar-refractivity contribution in [3.8, 4) is 5.75 Å². The van der Waals surface area contributed by atoms with Gasteiger partial charge in [-0.2, -0.15) is 0 Å². The van der Waals surface area contributed by atoms with E-state index in [-0.39, 0.29) is 18.0 Å². The second-order valence-corrected chi connectivity index (χ2v) is 9.60. The van der Waals surface area contributed by atoms with Crippen LogP contribution in [0.5, 0.6) is 5.75 Å². The number of carbonyl (C=O) groups excluding carboxylic acids is 2. The molecule has 3 aromatic rings. The van der Waals surface area contributed by atoms with Gasteiger partial charge in [-0.25, -0.2) is 4.79 Å². The Hall–Kier alpha value is -4.20. The first-order valence-electron chi connectivity index (χ1n) is 13.1. The second-order valence-electron chi connectivity index (χ2n) is 9.60. The Balaban J connectivity index is 1.51. The number of ether oxygens (including phenoxy) is 1. The van der Waals surface area contributed by atoms with E-state index in [9.17, 15) is 9.59 Å². The largest absolute Gasteiger partial charge is 0.495 e. The number of nitrogens with zero attached hydrogens (tertiary/aromatic N) is 2. The highest BCUT2D eigenvalue weighted by Gasteiger charge is 2.24. The molecule has 0 spiro atoms. The summed E-state index contributed by atoms with van der Waals surface area (Å²) in [5.74, 6) is 0.691. The summed E-state index contributed by atoms with van der Waals surface area (Å²) in [4.78, 5) is 30.5. The van der Waals surface area contributed by atoms with Gasteiger partial charge in [-0.15, -0.1) is 0 Å². The number of benzene rings is 3. The van der Waals surface area contributed by atoms with E-state index in [2.05, 4.69) is 31.8 Å². The van der Waals surface area contributed by atoms with Gasteiger partial charge in [-0.1, -0.05) is 37.3 Å². The zero-order chi connectivity index (χ0) is 27.1. The fraction of sp³-hybridized carbons (Fsp3) is 0.333. The molecule has 200 valence electrons. The number of carbonyl (C=O) groups is 2. The van der Waals surface area contributed by atoms with Crippen LogP contribution in [0.15, 0.2) is 66.7 Å². The first kappa shape index (κ1) is 26.9. The maximum absolute atomic E-state index is 13.2. The fourth-order valence-electron chi connectivity index (χ4n) is 4.73. The molecule has 1 aliphatic rings. The second kappa shape index (κ2) is 12.4. The van der Waals surface area contributed by atoms with Crippen LogP contribution in [0, 0.1) is 0 Å². The molecule has 3 amide bonds. The first-order chi connectivity index (χ1) is 18.4. The van der Waals surface area contributed by atoms with Crippen molar-refractivity contribution in [2.24, 2.45) is 0 Å². The van der Waals surface area contributed by atoms with Gasteiger partial charge in [0.2, 0.25) is 0 Å². The number of amides is 3. The molecule has 0 aromatic heterocycles. The van der Waals surface area contributed by atoms with E-state index >= 15 is 0 Å². The van der Waals surface area contributed by atoms with Crippen LogP contribution < -0.4 is 30.5 Å². The zero-order valence-electron chi connectivity index (χ0n) is 22.6.